The smallest absolute Gasteiger partial charge is 0.119 e. The van der Waals surface area contributed by atoms with Crippen LogP contribution in [0.4, 0.5) is 5.69 Å². The second-order valence-electron chi connectivity index (χ2n) is 4.60. The Kier molecular flexibility index (Phi) is 5.44. The Balaban J connectivity index is 1.85. The number of aliphatic hydroxyl groups excluding tert-OH is 1. The fourth-order valence-corrected chi connectivity index (χ4v) is 2.21. The van der Waals surface area contributed by atoms with E-state index < -0.39 is 6.10 Å². The number of rotatable bonds is 6. The first-order chi connectivity index (χ1) is 9.67. The summed E-state index contributed by atoms with van der Waals surface area (Å²) in [4.78, 5) is 0. The van der Waals surface area contributed by atoms with Crippen LogP contribution in [0.3, 0.4) is 0 Å². The topological polar surface area (TPSA) is 41.5 Å². The largest absolute Gasteiger partial charge is 0.497 e. The zero-order valence-corrected chi connectivity index (χ0v) is 12.9. The van der Waals surface area contributed by atoms with E-state index in [0.717, 1.165) is 21.5 Å². The highest BCUT2D eigenvalue weighted by Crippen LogP contribution is 2.16. The van der Waals surface area contributed by atoms with Crippen LogP contribution < -0.4 is 10.1 Å². The van der Waals surface area contributed by atoms with Crippen molar-refractivity contribution >= 4 is 21.6 Å². The molecule has 4 heteroatoms. The van der Waals surface area contributed by atoms with Crippen molar-refractivity contribution in [2.45, 2.75) is 12.5 Å². The molecule has 0 fully saturated rings. The minimum absolute atomic E-state index is 0.439. The monoisotopic (exact) mass is 335 g/mol. The molecule has 0 unspecified atom stereocenters. The summed E-state index contributed by atoms with van der Waals surface area (Å²) in [5, 5.41) is 13.3. The number of nitrogens with one attached hydrogen (secondary N) is 1. The molecule has 20 heavy (non-hydrogen) atoms. The quantitative estimate of drug-likeness (QED) is 0.849. The average molecular weight is 336 g/mol. The predicted molar refractivity (Wildman–Crippen MR) is 85.3 cm³/mol. The van der Waals surface area contributed by atoms with Crippen molar-refractivity contribution in [2.24, 2.45) is 0 Å². The van der Waals surface area contributed by atoms with Crippen molar-refractivity contribution in [2.75, 3.05) is 19.0 Å². The fourth-order valence-electron chi connectivity index (χ4n) is 1.95. The number of anilines is 1. The molecule has 0 radical (unpaired) electrons. The van der Waals surface area contributed by atoms with Gasteiger partial charge in [-0.3, -0.25) is 0 Å². The van der Waals surface area contributed by atoms with Crippen LogP contribution in [-0.4, -0.2) is 24.9 Å². The molecule has 2 N–H and O–H groups in total. The lowest BCUT2D eigenvalue weighted by Crippen LogP contribution is -2.21. The Hall–Kier alpha value is -1.52. The molecule has 0 saturated heterocycles. The van der Waals surface area contributed by atoms with Crippen LogP contribution in [0, 0.1) is 0 Å². The van der Waals surface area contributed by atoms with E-state index >= 15 is 0 Å². The Bertz CT molecular complexity index is 542. The third-order valence-electron chi connectivity index (χ3n) is 2.99. The Morgan fingerprint density at radius 3 is 2.65 bits per heavy atom. The van der Waals surface area contributed by atoms with Gasteiger partial charge in [-0.15, -0.1) is 0 Å². The van der Waals surface area contributed by atoms with Gasteiger partial charge in [0.2, 0.25) is 0 Å². The molecule has 1 atom stereocenters. The number of ether oxygens (including phenoxy) is 1. The van der Waals surface area contributed by atoms with Gasteiger partial charge in [0.25, 0.3) is 0 Å². The zero-order valence-electron chi connectivity index (χ0n) is 11.3. The van der Waals surface area contributed by atoms with Crippen LogP contribution in [-0.2, 0) is 6.42 Å². The lowest BCUT2D eigenvalue weighted by atomic mass is 10.1. The van der Waals surface area contributed by atoms with Crippen molar-refractivity contribution in [1.29, 1.82) is 0 Å². The molecule has 0 spiro atoms. The molecule has 2 aromatic rings. The van der Waals surface area contributed by atoms with Gasteiger partial charge in [-0.25, -0.2) is 0 Å². The summed E-state index contributed by atoms with van der Waals surface area (Å²) in [6.07, 6.45) is 0.159. The molecule has 3 nitrogen and oxygen atoms in total. The zero-order chi connectivity index (χ0) is 14.4. The average Bonchev–Trinajstić information content (AvgIpc) is 2.47. The molecule has 0 amide bonds. The summed E-state index contributed by atoms with van der Waals surface area (Å²) in [5.41, 5.74) is 2.06. The first-order valence-corrected chi connectivity index (χ1v) is 7.27. The maximum atomic E-state index is 10.1. The number of hydrogen-bond donors (Lipinski definition) is 2. The summed E-state index contributed by atoms with van der Waals surface area (Å²) in [7, 11) is 1.64. The second kappa shape index (κ2) is 7.31. The summed E-state index contributed by atoms with van der Waals surface area (Å²) in [5.74, 6) is 0.815. The van der Waals surface area contributed by atoms with Gasteiger partial charge < -0.3 is 15.2 Å². The van der Waals surface area contributed by atoms with Gasteiger partial charge in [0.1, 0.15) is 5.75 Å². The third kappa shape index (κ3) is 4.54. The van der Waals surface area contributed by atoms with Gasteiger partial charge >= 0.3 is 0 Å². The molecule has 2 rings (SSSR count). The summed E-state index contributed by atoms with van der Waals surface area (Å²) in [6.45, 7) is 0.513. The minimum Gasteiger partial charge on any atom is -0.497 e. The highest BCUT2D eigenvalue weighted by atomic mass is 79.9. The normalized spacial score (nSPS) is 11.9. The summed E-state index contributed by atoms with van der Waals surface area (Å²) >= 11 is 3.39. The van der Waals surface area contributed by atoms with Crippen LogP contribution in [0.25, 0.3) is 0 Å². The van der Waals surface area contributed by atoms with Gasteiger partial charge in [-0.1, -0.05) is 28.1 Å². The van der Waals surface area contributed by atoms with Crippen molar-refractivity contribution in [1.82, 2.24) is 0 Å². The molecule has 106 valence electrons. The van der Waals surface area contributed by atoms with Crippen molar-refractivity contribution < 1.29 is 9.84 Å². The molecule has 0 aliphatic carbocycles. The predicted octanol–water partition coefficient (Wildman–Crippen LogP) is 3.47. The first kappa shape index (κ1) is 14.9. The number of methoxy groups -OCH3 is 1. The Morgan fingerprint density at radius 1 is 1.20 bits per heavy atom. The first-order valence-electron chi connectivity index (χ1n) is 6.48. The van der Waals surface area contributed by atoms with E-state index in [9.17, 15) is 5.11 Å². The number of benzene rings is 2. The molecule has 0 bridgehead atoms. The Morgan fingerprint density at radius 2 is 1.95 bits per heavy atom. The molecule has 0 aromatic heterocycles. The minimum atomic E-state index is -0.439. The lowest BCUT2D eigenvalue weighted by Gasteiger charge is -2.13. The summed E-state index contributed by atoms with van der Waals surface area (Å²) < 4.78 is 6.22. The molecular weight excluding hydrogens is 318 g/mol. The maximum absolute atomic E-state index is 10.1. The molecule has 0 aliphatic heterocycles. The SMILES string of the molecule is COc1cccc(C[C@H](O)CNc2ccc(Br)cc2)c1. The van der Waals surface area contributed by atoms with E-state index in [-0.39, 0.29) is 0 Å². The molecular formula is C16H18BrNO2. The standard InChI is InChI=1S/C16H18BrNO2/c1-20-16-4-2-3-12(10-16)9-15(19)11-18-14-7-5-13(17)6-8-14/h2-8,10,15,18-19H,9,11H2,1H3/t15-/m0/s1. The number of halogens is 1. The highest BCUT2D eigenvalue weighted by Gasteiger charge is 2.06. The van der Waals surface area contributed by atoms with E-state index in [4.69, 9.17) is 4.74 Å². The number of aliphatic hydroxyl groups is 1. The van der Waals surface area contributed by atoms with E-state index in [0.29, 0.717) is 13.0 Å². The van der Waals surface area contributed by atoms with Crippen molar-refractivity contribution in [3.8, 4) is 5.75 Å². The van der Waals surface area contributed by atoms with Crippen molar-refractivity contribution in [3.05, 3.63) is 58.6 Å². The van der Waals surface area contributed by atoms with Crippen LogP contribution in [0.1, 0.15) is 5.56 Å². The van der Waals surface area contributed by atoms with Crippen molar-refractivity contribution in [3.63, 3.8) is 0 Å². The number of hydrogen-bond acceptors (Lipinski definition) is 3. The van der Waals surface area contributed by atoms with Gasteiger partial charge in [0.05, 0.1) is 13.2 Å². The maximum Gasteiger partial charge on any atom is 0.119 e. The lowest BCUT2D eigenvalue weighted by molar-refractivity contribution is 0.188. The van der Waals surface area contributed by atoms with E-state index in [1.165, 1.54) is 0 Å². The van der Waals surface area contributed by atoms with Gasteiger partial charge in [0, 0.05) is 23.1 Å². The molecule has 0 heterocycles. The van der Waals surface area contributed by atoms with E-state index in [1.807, 2.05) is 48.5 Å². The second-order valence-corrected chi connectivity index (χ2v) is 5.51. The fraction of sp³-hybridized carbons (Fsp3) is 0.250. The van der Waals surface area contributed by atoms with Crippen LogP contribution >= 0.6 is 15.9 Å². The highest BCUT2D eigenvalue weighted by molar-refractivity contribution is 9.10. The van der Waals surface area contributed by atoms with Crippen LogP contribution in [0.2, 0.25) is 0 Å². The molecule has 0 saturated carbocycles. The van der Waals surface area contributed by atoms with Gasteiger partial charge in [0.15, 0.2) is 0 Å². The van der Waals surface area contributed by atoms with Gasteiger partial charge in [-0.05, 0) is 42.0 Å². The van der Waals surface area contributed by atoms with Crippen LogP contribution in [0.5, 0.6) is 5.75 Å². The Labute approximate surface area is 127 Å². The molecule has 2 aromatic carbocycles. The third-order valence-corrected chi connectivity index (χ3v) is 3.52. The summed E-state index contributed by atoms with van der Waals surface area (Å²) in [6, 6.07) is 15.7. The van der Waals surface area contributed by atoms with E-state index in [2.05, 4.69) is 21.2 Å². The van der Waals surface area contributed by atoms with Crippen LogP contribution in [0.15, 0.2) is 53.0 Å². The van der Waals surface area contributed by atoms with E-state index in [1.54, 1.807) is 7.11 Å². The van der Waals surface area contributed by atoms with Gasteiger partial charge in [-0.2, -0.15) is 0 Å². The molecule has 0 aliphatic rings.